The molecule has 1 aliphatic heterocycles. The topological polar surface area (TPSA) is 64.6 Å². The van der Waals surface area contributed by atoms with Crippen LogP contribution in [-0.2, 0) is 24.6 Å². The highest BCUT2D eigenvalue weighted by atomic mass is 16.6. The van der Waals surface area contributed by atoms with Gasteiger partial charge < -0.3 is 9.47 Å². The van der Waals surface area contributed by atoms with E-state index in [1.54, 1.807) is 0 Å². The summed E-state index contributed by atoms with van der Waals surface area (Å²) in [4.78, 5) is 26.9. The number of hydrogen-bond acceptors (Lipinski definition) is 5. The van der Waals surface area contributed by atoms with Crippen molar-refractivity contribution in [1.29, 1.82) is 0 Å². The second-order valence-corrected chi connectivity index (χ2v) is 10.6. The van der Waals surface area contributed by atoms with Crippen molar-refractivity contribution < 1.29 is 19.1 Å². The second kappa shape index (κ2) is 8.70. The zero-order valence-corrected chi connectivity index (χ0v) is 20.1. The molecule has 2 aromatic rings. The second-order valence-electron chi connectivity index (χ2n) is 10.6. The molecule has 1 heterocycles. The lowest BCUT2D eigenvalue weighted by molar-refractivity contribution is -0.163. The fourth-order valence-corrected chi connectivity index (χ4v) is 4.54. The van der Waals surface area contributed by atoms with Gasteiger partial charge in [-0.1, -0.05) is 67.6 Å². The molecule has 0 aromatic heterocycles. The number of carbonyl (C=O) groups excluding carboxylic acids is 2. The summed E-state index contributed by atoms with van der Waals surface area (Å²) in [5.41, 5.74) is -0.420. The number of ether oxygens (including phenoxy) is 2. The minimum absolute atomic E-state index is 0.337. The Hall–Kier alpha value is -2.66. The molecule has 0 spiro atoms. The van der Waals surface area contributed by atoms with Crippen LogP contribution in [0, 0.1) is 11.8 Å². The first-order chi connectivity index (χ1) is 14.8. The summed E-state index contributed by atoms with van der Waals surface area (Å²) >= 11 is 0. The van der Waals surface area contributed by atoms with Gasteiger partial charge in [0.15, 0.2) is 0 Å². The van der Waals surface area contributed by atoms with Crippen LogP contribution in [0.4, 0.5) is 0 Å². The molecular formula is C27H35NO4. The molecule has 32 heavy (non-hydrogen) atoms. The highest BCUT2D eigenvalue weighted by molar-refractivity contribution is 5.83. The van der Waals surface area contributed by atoms with Gasteiger partial charge in [-0.05, 0) is 58.6 Å². The molecule has 172 valence electrons. The number of esters is 2. The molecule has 0 bridgehead atoms. The largest absolute Gasteiger partial charge is 0.460 e. The molecule has 0 amide bonds. The molecule has 5 heteroatoms. The van der Waals surface area contributed by atoms with E-state index in [1.165, 1.54) is 0 Å². The smallest absolute Gasteiger partial charge is 0.323 e. The quantitative estimate of drug-likeness (QED) is 0.694. The minimum atomic E-state index is -0.939. The van der Waals surface area contributed by atoms with Crippen molar-refractivity contribution in [2.75, 3.05) is 0 Å². The minimum Gasteiger partial charge on any atom is -0.460 e. The highest BCUT2D eigenvalue weighted by Crippen LogP contribution is 2.48. The van der Waals surface area contributed by atoms with Crippen molar-refractivity contribution in [3.05, 3.63) is 71.8 Å². The third-order valence-corrected chi connectivity index (χ3v) is 5.68. The Balaban J connectivity index is 2.20. The summed E-state index contributed by atoms with van der Waals surface area (Å²) in [7, 11) is 0. The fourth-order valence-electron chi connectivity index (χ4n) is 4.54. The zero-order chi connectivity index (χ0) is 23.7. The predicted octanol–water partition coefficient (Wildman–Crippen LogP) is 4.84. The van der Waals surface area contributed by atoms with E-state index < -0.39 is 28.7 Å². The van der Waals surface area contributed by atoms with Crippen LogP contribution in [0.3, 0.4) is 0 Å². The average molecular weight is 438 g/mol. The van der Waals surface area contributed by atoms with E-state index in [4.69, 9.17) is 9.47 Å². The van der Waals surface area contributed by atoms with Crippen LogP contribution in [-0.4, -0.2) is 29.2 Å². The number of hydrogen-bond donors (Lipinski definition) is 1. The van der Waals surface area contributed by atoms with Gasteiger partial charge in [0, 0.05) is 0 Å². The maximum absolute atomic E-state index is 13.7. The predicted molar refractivity (Wildman–Crippen MR) is 125 cm³/mol. The summed E-state index contributed by atoms with van der Waals surface area (Å²) in [6.07, 6.45) is 0. The van der Waals surface area contributed by atoms with Gasteiger partial charge in [-0.25, -0.2) is 0 Å². The first-order valence-electron chi connectivity index (χ1n) is 11.2. The molecule has 1 aliphatic rings. The Morgan fingerprint density at radius 1 is 0.750 bits per heavy atom. The van der Waals surface area contributed by atoms with E-state index in [0.717, 1.165) is 11.1 Å². The van der Waals surface area contributed by atoms with Crippen LogP contribution in [0.1, 0.15) is 59.6 Å². The third-order valence-electron chi connectivity index (χ3n) is 5.68. The molecule has 0 radical (unpaired) electrons. The van der Waals surface area contributed by atoms with E-state index in [9.17, 15) is 9.59 Å². The SMILES string of the molecule is CC1C(C(=O)OC(C)(C)C)NC(c2ccccc2)(c2ccccc2)C1C(=O)OC(C)(C)C. The lowest BCUT2D eigenvalue weighted by atomic mass is 9.71. The van der Waals surface area contributed by atoms with Crippen LogP contribution in [0.2, 0.25) is 0 Å². The highest BCUT2D eigenvalue weighted by Gasteiger charge is 2.60. The summed E-state index contributed by atoms with van der Waals surface area (Å²) in [6, 6.07) is 18.9. The van der Waals surface area contributed by atoms with Crippen LogP contribution in [0.5, 0.6) is 0 Å². The summed E-state index contributed by atoms with van der Waals surface area (Å²) in [5, 5.41) is 3.55. The van der Waals surface area contributed by atoms with E-state index in [0.29, 0.717) is 0 Å². The molecule has 0 saturated carbocycles. The number of carbonyl (C=O) groups is 2. The van der Waals surface area contributed by atoms with Crippen molar-refractivity contribution in [3.8, 4) is 0 Å². The molecule has 3 unspecified atom stereocenters. The fraction of sp³-hybridized carbons (Fsp3) is 0.481. The Labute approximate surface area is 191 Å². The molecule has 1 N–H and O–H groups in total. The van der Waals surface area contributed by atoms with Crippen molar-refractivity contribution >= 4 is 11.9 Å². The molecular weight excluding hydrogens is 402 g/mol. The standard InChI is InChI=1S/C27H35NO4/c1-18-21(23(29)31-25(2,3)4)27(19-14-10-8-11-15-19,20-16-12-9-13-17-20)28-22(18)24(30)32-26(5,6)7/h8-18,21-22,28H,1-7H3. The van der Waals surface area contributed by atoms with Gasteiger partial charge in [0.1, 0.15) is 17.2 Å². The van der Waals surface area contributed by atoms with E-state index in [2.05, 4.69) is 5.32 Å². The Morgan fingerprint density at radius 3 is 1.56 bits per heavy atom. The molecule has 5 nitrogen and oxygen atoms in total. The first kappa shape index (κ1) is 24.0. The summed E-state index contributed by atoms with van der Waals surface area (Å²) in [6.45, 7) is 13.0. The van der Waals surface area contributed by atoms with Gasteiger partial charge in [0.25, 0.3) is 0 Å². The van der Waals surface area contributed by atoms with E-state index in [1.807, 2.05) is 109 Å². The lowest BCUT2D eigenvalue weighted by Gasteiger charge is -2.38. The lowest BCUT2D eigenvalue weighted by Crippen LogP contribution is -2.50. The molecule has 2 aromatic carbocycles. The monoisotopic (exact) mass is 437 g/mol. The van der Waals surface area contributed by atoms with Crippen molar-refractivity contribution in [3.63, 3.8) is 0 Å². The summed E-state index contributed by atoms with van der Waals surface area (Å²) in [5.74, 6) is -1.70. The third kappa shape index (κ3) is 4.88. The molecule has 3 rings (SSSR count). The maximum Gasteiger partial charge on any atom is 0.323 e. The maximum atomic E-state index is 13.7. The van der Waals surface area contributed by atoms with Crippen LogP contribution < -0.4 is 5.32 Å². The Bertz CT molecular complexity index is 902. The van der Waals surface area contributed by atoms with Gasteiger partial charge in [0.05, 0.1) is 11.5 Å². The van der Waals surface area contributed by atoms with Crippen LogP contribution >= 0.6 is 0 Å². The van der Waals surface area contributed by atoms with Gasteiger partial charge in [-0.15, -0.1) is 0 Å². The Morgan fingerprint density at radius 2 is 1.16 bits per heavy atom. The molecule has 3 atom stereocenters. The first-order valence-corrected chi connectivity index (χ1v) is 11.2. The number of nitrogens with one attached hydrogen (secondary N) is 1. The molecule has 0 aliphatic carbocycles. The average Bonchev–Trinajstić information content (AvgIpc) is 3.01. The van der Waals surface area contributed by atoms with Crippen LogP contribution in [0.15, 0.2) is 60.7 Å². The van der Waals surface area contributed by atoms with Gasteiger partial charge >= 0.3 is 11.9 Å². The molecule has 1 saturated heterocycles. The Kier molecular flexibility index (Phi) is 6.52. The van der Waals surface area contributed by atoms with Gasteiger partial charge in [-0.2, -0.15) is 0 Å². The van der Waals surface area contributed by atoms with Crippen molar-refractivity contribution in [2.45, 2.75) is 71.2 Å². The van der Waals surface area contributed by atoms with Crippen molar-refractivity contribution in [1.82, 2.24) is 5.32 Å². The number of benzene rings is 2. The van der Waals surface area contributed by atoms with E-state index in [-0.39, 0.29) is 17.9 Å². The van der Waals surface area contributed by atoms with Gasteiger partial charge in [-0.3, -0.25) is 14.9 Å². The summed E-state index contributed by atoms with van der Waals surface area (Å²) < 4.78 is 11.6. The van der Waals surface area contributed by atoms with Gasteiger partial charge in [0.2, 0.25) is 0 Å². The van der Waals surface area contributed by atoms with E-state index >= 15 is 0 Å². The number of rotatable bonds is 4. The van der Waals surface area contributed by atoms with Crippen LogP contribution in [0.25, 0.3) is 0 Å². The normalized spacial score (nSPS) is 22.9. The zero-order valence-electron chi connectivity index (χ0n) is 20.1. The molecule has 1 fully saturated rings. The van der Waals surface area contributed by atoms with Crippen molar-refractivity contribution in [2.24, 2.45) is 11.8 Å².